The lowest BCUT2D eigenvalue weighted by Crippen LogP contribution is -2.43. The Morgan fingerprint density at radius 3 is 2.42 bits per heavy atom. The number of urea groups is 1. The molecule has 0 aliphatic heterocycles. The number of carboxylic acids is 1. The molecule has 8 heteroatoms. The van der Waals surface area contributed by atoms with E-state index in [1.54, 1.807) is 11.0 Å². The van der Waals surface area contributed by atoms with Crippen LogP contribution in [0.3, 0.4) is 0 Å². The van der Waals surface area contributed by atoms with Gasteiger partial charge in [-0.2, -0.15) is 5.10 Å². The first-order valence-corrected chi connectivity index (χ1v) is 8.77. The van der Waals surface area contributed by atoms with Crippen molar-refractivity contribution in [3.8, 4) is 0 Å². The molecule has 1 aromatic heterocycles. The third-order valence-electron chi connectivity index (χ3n) is 4.70. The minimum atomic E-state index is -0.736. The maximum atomic E-state index is 12.0. The second-order valence-electron chi connectivity index (χ2n) is 6.62. The zero-order valence-corrected chi connectivity index (χ0v) is 14.5. The second-order valence-corrected chi connectivity index (χ2v) is 6.62. The van der Waals surface area contributed by atoms with E-state index in [1.165, 1.54) is 6.33 Å². The van der Waals surface area contributed by atoms with Crippen molar-refractivity contribution in [2.45, 2.75) is 44.8 Å². The van der Waals surface area contributed by atoms with E-state index in [2.05, 4.69) is 20.7 Å². The van der Waals surface area contributed by atoms with E-state index in [1.807, 2.05) is 24.3 Å². The topological polar surface area (TPSA) is 109 Å². The highest BCUT2D eigenvalue weighted by molar-refractivity contribution is 5.74. The van der Waals surface area contributed by atoms with Gasteiger partial charge in [0.2, 0.25) is 0 Å². The predicted octanol–water partition coefficient (Wildman–Crippen LogP) is 1.77. The number of amides is 2. The monoisotopic (exact) mass is 357 g/mol. The molecule has 0 bridgehead atoms. The standard InChI is InChI=1S/C18H23N5O3/c24-17(25)15-5-7-16(8-6-15)22-18(26)20-9-13-1-3-14(4-2-13)10-23-12-19-11-21-23/h1-4,11-12,15-16H,5-10H2,(H,24,25)(H2,20,22,26). The summed E-state index contributed by atoms with van der Waals surface area (Å²) in [5, 5.41) is 18.9. The van der Waals surface area contributed by atoms with E-state index < -0.39 is 5.97 Å². The molecule has 1 aliphatic carbocycles. The molecule has 0 atom stereocenters. The summed E-state index contributed by atoms with van der Waals surface area (Å²) in [5.74, 6) is -1.01. The van der Waals surface area contributed by atoms with Crippen molar-refractivity contribution in [3.63, 3.8) is 0 Å². The number of benzene rings is 1. The van der Waals surface area contributed by atoms with Crippen molar-refractivity contribution < 1.29 is 14.7 Å². The van der Waals surface area contributed by atoms with Crippen molar-refractivity contribution >= 4 is 12.0 Å². The molecule has 8 nitrogen and oxygen atoms in total. The Balaban J connectivity index is 1.40. The Morgan fingerprint density at radius 2 is 1.81 bits per heavy atom. The Hall–Kier alpha value is -2.90. The minimum absolute atomic E-state index is 0.0515. The van der Waals surface area contributed by atoms with Crippen LogP contribution >= 0.6 is 0 Å². The van der Waals surface area contributed by atoms with Gasteiger partial charge in [-0.25, -0.2) is 14.5 Å². The van der Waals surface area contributed by atoms with Gasteiger partial charge in [0, 0.05) is 12.6 Å². The first-order chi connectivity index (χ1) is 12.6. The number of carbonyl (C=O) groups is 2. The van der Waals surface area contributed by atoms with Crippen LogP contribution in [0.1, 0.15) is 36.8 Å². The number of carbonyl (C=O) groups excluding carboxylic acids is 1. The number of nitrogens with one attached hydrogen (secondary N) is 2. The van der Waals surface area contributed by atoms with Crippen molar-refractivity contribution in [1.82, 2.24) is 25.4 Å². The molecule has 1 aliphatic rings. The Kier molecular flexibility index (Phi) is 5.83. The number of aromatic nitrogens is 3. The molecular formula is C18H23N5O3. The van der Waals surface area contributed by atoms with Crippen LogP contribution in [0.25, 0.3) is 0 Å². The fourth-order valence-corrected chi connectivity index (χ4v) is 3.17. The molecule has 0 saturated heterocycles. The van der Waals surface area contributed by atoms with Gasteiger partial charge in [-0.15, -0.1) is 0 Å². The number of nitrogens with zero attached hydrogens (tertiary/aromatic N) is 3. The number of hydrogen-bond acceptors (Lipinski definition) is 4. The largest absolute Gasteiger partial charge is 0.481 e. The fraction of sp³-hybridized carbons (Fsp3) is 0.444. The van der Waals surface area contributed by atoms with Gasteiger partial charge in [0.25, 0.3) is 0 Å². The van der Waals surface area contributed by atoms with Gasteiger partial charge < -0.3 is 15.7 Å². The molecule has 3 N–H and O–H groups in total. The van der Waals surface area contributed by atoms with E-state index in [-0.39, 0.29) is 18.0 Å². The number of hydrogen-bond donors (Lipinski definition) is 3. The van der Waals surface area contributed by atoms with E-state index in [0.29, 0.717) is 38.8 Å². The van der Waals surface area contributed by atoms with Gasteiger partial charge in [0.1, 0.15) is 12.7 Å². The van der Waals surface area contributed by atoms with Gasteiger partial charge >= 0.3 is 12.0 Å². The average molecular weight is 357 g/mol. The van der Waals surface area contributed by atoms with Gasteiger partial charge in [-0.1, -0.05) is 24.3 Å². The Bertz CT molecular complexity index is 722. The van der Waals surface area contributed by atoms with E-state index >= 15 is 0 Å². The third kappa shape index (κ3) is 5.05. The van der Waals surface area contributed by atoms with Crippen LogP contribution < -0.4 is 10.6 Å². The van der Waals surface area contributed by atoms with Gasteiger partial charge in [0.05, 0.1) is 12.5 Å². The average Bonchev–Trinajstić information content (AvgIpc) is 3.15. The van der Waals surface area contributed by atoms with Gasteiger partial charge in [-0.05, 0) is 36.8 Å². The van der Waals surface area contributed by atoms with Crippen molar-refractivity contribution in [3.05, 3.63) is 48.0 Å². The molecule has 0 unspecified atom stereocenters. The maximum Gasteiger partial charge on any atom is 0.315 e. The molecular weight excluding hydrogens is 334 g/mol. The van der Waals surface area contributed by atoms with Crippen LogP contribution in [0, 0.1) is 5.92 Å². The van der Waals surface area contributed by atoms with Crippen LogP contribution in [-0.4, -0.2) is 37.9 Å². The Labute approximate surface area is 151 Å². The quantitative estimate of drug-likeness (QED) is 0.730. The summed E-state index contributed by atoms with van der Waals surface area (Å²) in [6.45, 7) is 1.10. The SMILES string of the molecule is O=C(NCc1ccc(Cn2cncn2)cc1)NC1CCC(C(=O)O)CC1. The van der Waals surface area contributed by atoms with Crippen molar-refractivity contribution in [1.29, 1.82) is 0 Å². The van der Waals surface area contributed by atoms with Crippen LogP contribution in [0.15, 0.2) is 36.9 Å². The van der Waals surface area contributed by atoms with Crippen molar-refractivity contribution in [2.75, 3.05) is 0 Å². The number of carboxylic acid groups (broad SMARTS) is 1. The molecule has 1 saturated carbocycles. The fourth-order valence-electron chi connectivity index (χ4n) is 3.17. The van der Waals surface area contributed by atoms with Crippen LogP contribution in [0.2, 0.25) is 0 Å². The summed E-state index contributed by atoms with van der Waals surface area (Å²) in [5.41, 5.74) is 2.12. The number of rotatable bonds is 6. The Morgan fingerprint density at radius 1 is 1.12 bits per heavy atom. The minimum Gasteiger partial charge on any atom is -0.481 e. The van der Waals surface area contributed by atoms with E-state index in [0.717, 1.165) is 11.1 Å². The van der Waals surface area contributed by atoms with E-state index in [9.17, 15) is 9.59 Å². The molecule has 0 radical (unpaired) electrons. The molecule has 138 valence electrons. The molecule has 3 rings (SSSR count). The summed E-state index contributed by atoms with van der Waals surface area (Å²) < 4.78 is 1.75. The second kappa shape index (κ2) is 8.46. The first-order valence-electron chi connectivity index (χ1n) is 8.77. The highest BCUT2D eigenvalue weighted by Gasteiger charge is 2.26. The van der Waals surface area contributed by atoms with Crippen molar-refractivity contribution in [2.24, 2.45) is 5.92 Å². The third-order valence-corrected chi connectivity index (χ3v) is 4.70. The zero-order valence-electron chi connectivity index (χ0n) is 14.5. The summed E-state index contributed by atoms with van der Waals surface area (Å²) in [6.07, 6.45) is 5.83. The van der Waals surface area contributed by atoms with Crippen LogP contribution in [0.5, 0.6) is 0 Å². The highest BCUT2D eigenvalue weighted by atomic mass is 16.4. The molecule has 1 aromatic carbocycles. The molecule has 2 amide bonds. The zero-order chi connectivity index (χ0) is 18.4. The van der Waals surface area contributed by atoms with E-state index in [4.69, 9.17) is 5.11 Å². The van der Waals surface area contributed by atoms with Crippen LogP contribution in [-0.2, 0) is 17.9 Å². The predicted molar refractivity (Wildman–Crippen MR) is 94.3 cm³/mol. The first kappa shape index (κ1) is 17.9. The molecule has 26 heavy (non-hydrogen) atoms. The summed E-state index contributed by atoms with van der Waals surface area (Å²) in [7, 11) is 0. The van der Waals surface area contributed by atoms with Gasteiger partial charge in [-0.3, -0.25) is 4.79 Å². The molecule has 1 heterocycles. The summed E-state index contributed by atoms with van der Waals surface area (Å²) in [6, 6.07) is 7.80. The normalized spacial score (nSPS) is 19.7. The number of aliphatic carboxylic acids is 1. The summed E-state index contributed by atoms with van der Waals surface area (Å²) in [4.78, 5) is 26.9. The lowest BCUT2D eigenvalue weighted by Gasteiger charge is -2.26. The highest BCUT2D eigenvalue weighted by Crippen LogP contribution is 2.24. The smallest absolute Gasteiger partial charge is 0.315 e. The molecule has 2 aromatic rings. The summed E-state index contributed by atoms with van der Waals surface area (Å²) >= 11 is 0. The van der Waals surface area contributed by atoms with Gasteiger partial charge in [0.15, 0.2) is 0 Å². The van der Waals surface area contributed by atoms with Crippen LogP contribution in [0.4, 0.5) is 4.79 Å². The molecule has 1 fully saturated rings. The lowest BCUT2D eigenvalue weighted by atomic mass is 9.86. The molecule has 0 spiro atoms. The maximum absolute atomic E-state index is 12.0. The lowest BCUT2D eigenvalue weighted by molar-refractivity contribution is -0.142.